The number of methoxy groups -OCH3 is 1. The summed E-state index contributed by atoms with van der Waals surface area (Å²) in [4.78, 5) is 10.9. The molecule has 0 fully saturated rings. The predicted molar refractivity (Wildman–Crippen MR) is 41.5 cm³/mol. The van der Waals surface area contributed by atoms with Crippen LogP contribution in [-0.4, -0.2) is 13.1 Å². The molecule has 0 bridgehead atoms. The van der Waals surface area contributed by atoms with E-state index in [4.69, 9.17) is 0 Å². The van der Waals surface area contributed by atoms with Crippen LogP contribution in [0, 0.1) is 12.1 Å². The number of nitrogens with zero attached hydrogens (tertiary/aromatic N) is 1. The highest BCUT2D eigenvalue weighted by molar-refractivity contribution is 5.89. The van der Waals surface area contributed by atoms with Gasteiger partial charge in [0, 0.05) is 19.1 Å². The standard InChI is InChI=1S/C8H9NO3/c1-6-5-7(8(10)12-2)3-4-9(6)11/h3-5H,1-2H3. The van der Waals surface area contributed by atoms with E-state index in [1.165, 1.54) is 25.4 Å². The minimum Gasteiger partial charge on any atom is -0.619 e. The monoisotopic (exact) mass is 167 g/mol. The fourth-order valence-electron chi connectivity index (χ4n) is 0.847. The largest absolute Gasteiger partial charge is 0.619 e. The lowest BCUT2D eigenvalue weighted by Crippen LogP contribution is -2.29. The predicted octanol–water partition coefficient (Wildman–Crippen LogP) is 0.415. The van der Waals surface area contributed by atoms with Gasteiger partial charge in [-0.2, -0.15) is 4.73 Å². The lowest BCUT2D eigenvalue weighted by Gasteiger charge is -2.01. The number of hydrogen-bond donors (Lipinski definition) is 0. The summed E-state index contributed by atoms with van der Waals surface area (Å²) in [6.45, 7) is 1.62. The Morgan fingerprint density at radius 1 is 1.67 bits per heavy atom. The molecule has 0 N–H and O–H groups in total. The smallest absolute Gasteiger partial charge is 0.338 e. The molecular formula is C8H9NO3. The summed E-state index contributed by atoms with van der Waals surface area (Å²) in [7, 11) is 1.30. The average molecular weight is 167 g/mol. The van der Waals surface area contributed by atoms with E-state index < -0.39 is 5.97 Å². The van der Waals surface area contributed by atoms with Gasteiger partial charge in [0.05, 0.1) is 12.7 Å². The molecule has 0 spiro atoms. The van der Waals surface area contributed by atoms with Gasteiger partial charge in [-0.15, -0.1) is 0 Å². The van der Waals surface area contributed by atoms with Crippen LogP contribution < -0.4 is 4.73 Å². The number of esters is 1. The lowest BCUT2D eigenvalue weighted by molar-refractivity contribution is -0.612. The quantitative estimate of drug-likeness (QED) is 0.346. The zero-order valence-electron chi connectivity index (χ0n) is 6.90. The molecule has 12 heavy (non-hydrogen) atoms. The fraction of sp³-hybridized carbons (Fsp3) is 0.250. The Kier molecular flexibility index (Phi) is 2.28. The first-order valence-electron chi connectivity index (χ1n) is 3.43. The lowest BCUT2D eigenvalue weighted by atomic mass is 10.2. The van der Waals surface area contributed by atoms with Gasteiger partial charge in [0.1, 0.15) is 0 Å². The Labute approximate surface area is 70.0 Å². The van der Waals surface area contributed by atoms with Gasteiger partial charge in [-0.1, -0.05) is 0 Å². The van der Waals surface area contributed by atoms with Gasteiger partial charge >= 0.3 is 5.97 Å². The molecule has 64 valence electrons. The van der Waals surface area contributed by atoms with Gasteiger partial charge in [-0.3, -0.25) is 0 Å². The maximum atomic E-state index is 10.9. The zero-order chi connectivity index (χ0) is 9.14. The summed E-state index contributed by atoms with van der Waals surface area (Å²) in [5, 5.41) is 10.8. The normalized spacial score (nSPS) is 9.50. The number of hydrogen-bond acceptors (Lipinski definition) is 3. The summed E-state index contributed by atoms with van der Waals surface area (Å²) in [5.41, 5.74) is 0.861. The van der Waals surface area contributed by atoms with E-state index >= 15 is 0 Å². The Bertz CT molecular complexity index is 309. The topological polar surface area (TPSA) is 53.2 Å². The molecule has 0 radical (unpaired) electrons. The van der Waals surface area contributed by atoms with Crippen LogP contribution in [0.25, 0.3) is 0 Å². The van der Waals surface area contributed by atoms with Crippen molar-refractivity contribution >= 4 is 5.97 Å². The summed E-state index contributed by atoms with van der Waals surface area (Å²) < 4.78 is 5.17. The van der Waals surface area contributed by atoms with Crippen LogP contribution in [0.15, 0.2) is 18.3 Å². The number of ether oxygens (including phenoxy) is 1. The van der Waals surface area contributed by atoms with Gasteiger partial charge in [-0.25, -0.2) is 4.79 Å². The number of carbonyl (C=O) groups is 1. The Morgan fingerprint density at radius 2 is 2.33 bits per heavy atom. The molecule has 0 amide bonds. The van der Waals surface area contributed by atoms with E-state index in [-0.39, 0.29) is 0 Å². The SMILES string of the molecule is COC(=O)c1cc[n+]([O-])c(C)c1. The van der Waals surface area contributed by atoms with Crippen molar-refractivity contribution in [2.75, 3.05) is 7.11 Å². The van der Waals surface area contributed by atoms with Gasteiger partial charge < -0.3 is 9.94 Å². The Hall–Kier alpha value is -1.58. The molecule has 0 unspecified atom stereocenters. The Morgan fingerprint density at radius 3 is 2.83 bits per heavy atom. The molecule has 0 saturated carbocycles. The summed E-state index contributed by atoms with van der Waals surface area (Å²) >= 11 is 0. The number of pyridine rings is 1. The maximum absolute atomic E-state index is 10.9. The molecule has 4 nitrogen and oxygen atoms in total. The Balaban J connectivity index is 3.05. The molecule has 0 atom stereocenters. The van der Waals surface area contributed by atoms with E-state index in [1.807, 2.05) is 0 Å². The second-order valence-electron chi connectivity index (χ2n) is 2.37. The first kappa shape index (κ1) is 8.52. The van der Waals surface area contributed by atoms with Crippen molar-refractivity contribution in [3.05, 3.63) is 34.8 Å². The van der Waals surface area contributed by atoms with E-state index in [9.17, 15) is 10.0 Å². The molecule has 0 aromatic carbocycles. The molecule has 0 saturated heterocycles. The number of aryl methyl sites for hydroxylation is 1. The van der Waals surface area contributed by atoms with Gasteiger partial charge in [0.25, 0.3) is 0 Å². The molecule has 0 aliphatic heterocycles. The first-order chi connectivity index (χ1) is 5.65. The van der Waals surface area contributed by atoms with Gasteiger partial charge in [0.2, 0.25) is 0 Å². The molecule has 1 heterocycles. The molecule has 1 rings (SSSR count). The highest BCUT2D eigenvalue weighted by atomic mass is 16.5. The third-order valence-corrected chi connectivity index (χ3v) is 1.52. The van der Waals surface area contributed by atoms with E-state index in [2.05, 4.69) is 4.74 Å². The first-order valence-corrected chi connectivity index (χ1v) is 3.43. The zero-order valence-corrected chi connectivity index (χ0v) is 6.90. The van der Waals surface area contributed by atoms with Crippen LogP contribution in [0.3, 0.4) is 0 Å². The average Bonchev–Trinajstić information content (AvgIpc) is 2.08. The van der Waals surface area contributed by atoms with Crippen molar-refractivity contribution in [2.24, 2.45) is 0 Å². The molecule has 0 aliphatic carbocycles. The molecule has 0 aliphatic rings. The van der Waals surface area contributed by atoms with Crippen molar-refractivity contribution in [1.29, 1.82) is 0 Å². The number of carbonyl (C=O) groups excluding carboxylic acids is 1. The molecule has 1 aromatic heterocycles. The second kappa shape index (κ2) is 3.21. The van der Waals surface area contributed by atoms with Crippen LogP contribution >= 0.6 is 0 Å². The summed E-state index contributed by atoms with van der Waals surface area (Å²) in [6.07, 6.45) is 1.28. The van der Waals surface area contributed by atoms with Crippen LogP contribution in [0.2, 0.25) is 0 Å². The van der Waals surface area contributed by atoms with Crippen molar-refractivity contribution < 1.29 is 14.3 Å². The van der Waals surface area contributed by atoms with Crippen LogP contribution in [0.1, 0.15) is 16.1 Å². The van der Waals surface area contributed by atoms with Crippen LogP contribution in [0.5, 0.6) is 0 Å². The molecular weight excluding hydrogens is 158 g/mol. The minimum absolute atomic E-state index is 0.391. The minimum atomic E-state index is -0.432. The van der Waals surface area contributed by atoms with E-state index in [0.29, 0.717) is 16.0 Å². The van der Waals surface area contributed by atoms with Crippen LogP contribution in [0.4, 0.5) is 0 Å². The van der Waals surface area contributed by atoms with Crippen molar-refractivity contribution in [2.45, 2.75) is 6.92 Å². The van der Waals surface area contributed by atoms with Gasteiger partial charge in [0.15, 0.2) is 11.9 Å². The fourth-order valence-corrected chi connectivity index (χ4v) is 0.847. The van der Waals surface area contributed by atoms with Crippen molar-refractivity contribution in [1.82, 2.24) is 0 Å². The number of rotatable bonds is 1. The third kappa shape index (κ3) is 1.53. The molecule has 1 aromatic rings. The van der Waals surface area contributed by atoms with E-state index in [1.54, 1.807) is 6.92 Å². The summed E-state index contributed by atoms with van der Waals surface area (Å²) in [6, 6.07) is 2.91. The second-order valence-corrected chi connectivity index (χ2v) is 2.37. The van der Waals surface area contributed by atoms with Gasteiger partial charge in [-0.05, 0) is 0 Å². The number of aromatic nitrogens is 1. The van der Waals surface area contributed by atoms with Crippen molar-refractivity contribution in [3.8, 4) is 0 Å². The highest BCUT2D eigenvalue weighted by Gasteiger charge is 2.08. The maximum Gasteiger partial charge on any atom is 0.338 e. The van der Waals surface area contributed by atoms with Crippen molar-refractivity contribution in [3.63, 3.8) is 0 Å². The highest BCUT2D eigenvalue weighted by Crippen LogP contribution is 2.00. The third-order valence-electron chi connectivity index (χ3n) is 1.52. The van der Waals surface area contributed by atoms with Crippen LogP contribution in [-0.2, 0) is 4.74 Å². The van der Waals surface area contributed by atoms with E-state index in [0.717, 1.165) is 0 Å². The molecule has 4 heteroatoms. The summed E-state index contributed by atoms with van der Waals surface area (Å²) in [5.74, 6) is -0.432.